The van der Waals surface area contributed by atoms with E-state index in [1.807, 2.05) is 25.1 Å². The van der Waals surface area contributed by atoms with Gasteiger partial charge in [-0.05, 0) is 31.7 Å². The summed E-state index contributed by atoms with van der Waals surface area (Å²) in [5.74, 6) is 0.283. The van der Waals surface area contributed by atoms with Crippen LogP contribution >= 0.6 is 0 Å². The molecule has 0 saturated carbocycles. The first kappa shape index (κ1) is 15.6. The maximum Gasteiger partial charge on any atom is 0.0753 e. The number of hydrogen-bond acceptors (Lipinski definition) is 4. The molecule has 4 heteroatoms. The lowest BCUT2D eigenvalue weighted by molar-refractivity contribution is 0.173. The number of nitrogens with one attached hydrogen (secondary N) is 1. The van der Waals surface area contributed by atoms with Gasteiger partial charge in [-0.3, -0.25) is 9.97 Å². The van der Waals surface area contributed by atoms with Crippen molar-refractivity contribution in [3.05, 3.63) is 60.2 Å². The second-order valence-corrected chi connectivity index (χ2v) is 5.45. The molecule has 1 aromatic carbocycles. The molecule has 4 nitrogen and oxygen atoms in total. The summed E-state index contributed by atoms with van der Waals surface area (Å²) in [5.41, 5.74) is 2.18. The van der Waals surface area contributed by atoms with Crippen molar-refractivity contribution in [3.63, 3.8) is 0 Å². The van der Waals surface area contributed by atoms with Crippen molar-refractivity contribution in [1.82, 2.24) is 15.3 Å². The Morgan fingerprint density at radius 1 is 1.14 bits per heavy atom. The average molecular weight is 285 g/mol. The summed E-state index contributed by atoms with van der Waals surface area (Å²) in [6.07, 6.45) is 5.59. The van der Waals surface area contributed by atoms with E-state index in [0.29, 0.717) is 0 Å². The largest absolute Gasteiger partial charge is 0.393 e. The van der Waals surface area contributed by atoms with E-state index in [1.165, 1.54) is 5.56 Å². The molecule has 0 spiro atoms. The Morgan fingerprint density at radius 2 is 1.90 bits per heavy atom. The van der Waals surface area contributed by atoms with Gasteiger partial charge in [0, 0.05) is 31.2 Å². The van der Waals surface area contributed by atoms with E-state index in [4.69, 9.17) is 0 Å². The SMILES string of the molecule is CC(O)CC(CNC(C)c1cnccn1)c1ccccc1. The van der Waals surface area contributed by atoms with Crippen LogP contribution in [-0.2, 0) is 0 Å². The number of nitrogens with zero attached hydrogens (tertiary/aromatic N) is 2. The molecule has 0 amide bonds. The molecule has 0 saturated heterocycles. The van der Waals surface area contributed by atoms with E-state index in [2.05, 4.69) is 34.3 Å². The molecular weight excluding hydrogens is 262 g/mol. The van der Waals surface area contributed by atoms with E-state index in [1.54, 1.807) is 18.6 Å². The minimum atomic E-state index is -0.316. The van der Waals surface area contributed by atoms with E-state index >= 15 is 0 Å². The number of aliphatic hydroxyl groups excluding tert-OH is 1. The van der Waals surface area contributed by atoms with Crippen molar-refractivity contribution in [3.8, 4) is 0 Å². The molecule has 0 aliphatic rings. The van der Waals surface area contributed by atoms with Gasteiger partial charge in [-0.1, -0.05) is 30.3 Å². The lowest BCUT2D eigenvalue weighted by Crippen LogP contribution is -2.27. The molecular formula is C17H23N3O. The summed E-state index contributed by atoms with van der Waals surface area (Å²) in [7, 11) is 0. The van der Waals surface area contributed by atoms with Crippen LogP contribution in [0.3, 0.4) is 0 Å². The molecule has 0 aliphatic heterocycles. The van der Waals surface area contributed by atoms with Crippen LogP contribution < -0.4 is 5.32 Å². The fourth-order valence-electron chi connectivity index (χ4n) is 2.43. The molecule has 3 unspecified atom stereocenters. The minimum absolute atomic E-state index is 0.138. The number of aliphatic hydroxyl groups is 1. The van der Waals surface area contributed by atoms with Crippen LogP contribution in [0.5, 0.6) is 0 Å². The minimum Gasteiger partial charge on any atom is -0.393 e. The predicted octanol–water partition coefficient (Wildman–Crippen LogP) is 2.68. The van der Waals surface area contributed by atoms with E-state index < -0.39 is 0 Å². The highest BCUT2D eigenvalue weighted by molar-refractivity contribution is 5.20. The quantitative estimate of drug-likeness (QED) is 0.821. The van der Waals surface area contributed by atoms with E-state index in [9.17, 15) is 5.11 Å². The Labute approximate surface area is 126 Å². The Bertz CT molecular complexity index is 516. The van der Waals surface area contributed by atoms with Crippen LogP contribution in [0.15, 0.2) is 48.9 Å². The zero-order valence-corrected chi connectivity index (χ0v) is 12.6. The van der Waals surface area contributed by atoms with Crippen LogP contribution in [0.1, 0.15) is 43.5 Å². The second-order valence-electron chi connectivity index (χ2n) is 5.45. The van der Waals surface area contributed by atoms with Crippen molar-refractivity contribution >= 4 is 0 Å². The summed E-state index contributed by atoms with van der Waals surface area (Å²) >= 11 is 0. The van der Waals surface area contributed by atoms with Crippen molar-refractivity contribution < 1.29 is 5.11 Å². The number of aromatic nitrogens is 2. The van der Waals surface area contributed by atoms with Crippen molar-refractivity contribution in [1.29, 1.82) is 0 Å². The smallest absolute Gasteiger partial charge is 0.0753 e. The van der Waals surface area contributed by atoms with Crippen LogP contribution in [0.25, 0.3) is 0 Å². The molecule has 112 valence electrons. The number of hydrogen-bond donors (Lipinski definition) is 2. The third-order valence-electron chi connectivity index (χ3n) is 3.59. The second kappa shape index (κ2) is 7.86. The highest BCUT2D eigenvalue weighted by Gasteiger charge is 2.16. The highest BCUT2D eigenvalue weighted by atomic mass is 16.3. The van der Waals surface area contributed by atoms with Crippen LogP contribution in [-0.4, -0.2) is 27.7 Å². The highest BCUT2D eigenvalue weighted by Crippen LogP contribution is 2.21. The summed E-state index contributed by atoms with van der Waals surface area (Å²) in [4.78, 5) is 8.41. The topological polar surface area (TPSA) is 58.0 Å². The van der Waals surface area contributed by atoms with E-state index in [-0.39, 0.29) is 18.1 Å². The molecule has 2 N–H and O–H groups in total. The summed E-state index contributed by atoms with van der Waals surface area (Å²) < 4.78 is 0. The molecule has 2 aromatic rings. The lowest BCUT2D eigenvalue weighted by Gasteiger charge is -2.22. The predicted molar refractivity (Wildman–Crippen MR) is 83.9 cm³/mol. The van der Waals surface area contributed by atoms with Gasteiger partial charge in [0.15, 0.2) is 0 Å². The van der Waals surface area contributed by atoms with Gasteiger partial charge < -0.3 is 10.4 Å². The fourth-order valence-corrected chi connectivity index (χ4v) is 2.43. The maximum atomic E-state index is 9.72. The Hall–Kier alpha value is -1.78. The van der Waals surface area contributed by atoms with Crippen LogP contribution in [0.4, 0.5) is 0 Å². The first-order chi connectivity index (χ1) is 10.2. The molecule has 21 heavy (non-hydrogen) atoms. The average Bonchev–Trinajstić information content (AvgIpc) is 2.52. The normalized spacial score (nSPS) is 15.4. The Morgan fingerprint density at radius 3 is 2.52 bits per heavy atom. The first-order valence-electron chi connectivity index (χ1n) is 7.39. The molecule has 0 aliphatic carbocycles. The van der Waals surface area contributed by atoms with Gasteiger partial charge in [-0.15, -0.1) is 0 Å². The van der Waals surface area contributed by atoms with Crippen LogP contribution in [0, 0.1) is 0 Å². The van der Waals surface area contributed by atoms with Crippen molar-refractivity contribution in [2.75, 3.05) is 6.54 Å². The molecule has 0 bridgehead atoms. The van der Waals surface area contributed by atoms with Gasteiger partial charge in [0.25, 0.3) is 0 Å². The lowest BCUT2D eigenvalue weighted by atomic mass is 9.93. The van der Waals surface area contributed by atoms with Crippen LogP contribution in [0.2, 0.25) is 0 Å². The first-order valence-corrected chi connectivity index (χ1v) is 7.39. The Kier molecular flexibility index (Phi) is 5.84. The number of rotatable bonds is 7. The van der Waals surface area contributed by atoms with Crippen molar-refractivity contribution in [2.45, 2.75) is 38.3 Å². The molecule has 2 rings (SSSR count). The van der Waals surface area contributed by atoms with Gasteiger partial charge in [-0.25, -0.2) is 0 Å². The summed E-state index contributed by atoms with van der Waals surface area (Å²) in [5, 5.41) is 13.2. The number of benzene rings is 1. The van der Waals surface area contributed by atoms with Gasteiger partial charge >= 0.3 is 0 Å². The van der Waals surface area contributed by atoms with Gasteiger partial charge in [0.1, 0.15) is 0 Å². The molecule has 1 aromatic heterocycles. The van der Waals surface area contributed by atoms with Gasteiger partial charge in [-0.2, -0.15) is 0 Å². The zero-order valence-electron chi connectivity index (χ0n) is 12.6. The summed E-state index contributed by atoms with van der Waals surface area (Å²) in [6.45, 7) is 4.71. The molecule has 1 heterocycles. The zero-order chi connectivity index (χ0) is 15.1. The Balaban J connectivity index is 1.99. The van der Waals surface area contributed by atoms with Gasteiger partial charge in [0.2, 0.25) is 0 Å². The third kappa shape index (κ3) is 4.92. The van der Waals surface area contributed by atoms with Gasteiger partial charge in [0.05, 0.1) is 11.8 Å². The third-order valence-corrected chi connectivity index (χ3v) is 3.59. The maximum absolute atomic E-state index is 9.72. The molecule has 0 fully saturated rings. The van der Waals surface area contributed by atoms with Crippen molar-refractivity contribution in [2.24, 2.45) is 0 Å². The molecule has 3 atom stereocenters. The standard InChI is InChI=1S/C17H23N3O/c1-13(21)10-16(15-6-4-3-5-7-15)11-20-14(2)17-12-18-8-9-19-17/h3-9,12-14,16,20-21H,10-11H2,1-2H3. The molecule has 0 radical (unpaired) electrons. The van der Waals surface area contributed by atoms with E-state index in [0.717, 1.165) is 18.7 Å². The fraction of sp³-hybridized carbons (Fsp3) is 0.412. The summed E-state index contributed by atoms with van der Waals surface area (Å²) in [6, 6.07) is 10.5. The monoisotopic (exact) mass is 285 g/mol.